The average Bonchev–Trinajstić information content (AvgIpc) is 2.58. The van der Waals surface area contributed by atoms with Crippen LogP contribution in [0.1, 0.15) is 31.5 Å². The first kappa shape index (κ1) is 11.2. The van der Waals surface area contributed by atoms with E-state index in [0.717, 1.165) is 25.9 Å². The maximum absolute atomic E-state index is 4.40. The van der Waals surface area contributed by atoms with Crippen molar-refractivity contribution in [1.82, 2.24) is 15.1 Å². The Labute approximate surface area is 86.5 Å². The molecule has 0 bridgehead atoms. The third kappa shape index (κ3) is 2.58. The molecular formula is C11H21N3. The van der Waals surface area contributed by atoms with Crippen LogP contribution in [-0.2, 0) is 19.4 Å². The molecule has 1 aromatic heterocycles. The van der Waals surface area contributed by atoms with Gasteiger partial charge in [-0.2, -0.15) is 5.10 Å². The Bertz CT molecular complexity index is 265. The molecule has 80 valence electrons. The molecule has 3 nitrogen and oxygen atoms in total. The summed E-state index contributed by atoms with van der Waals surface area (Å²) in [7, 11) is 1.99. The molecule has 0 fully saturated rings. The number of nitrogens with one attached hydrogen (secondary N) is 1. The fourth-order valence-electron chi connectivity index (χ4n) is 1.72. The summed E-state index contributed by atoms with van der Waals surface area (Å²) in [5.74, 6) is 0. The lowest BCUT2D eigenvalue weighted by Crippen LogP contribution is -2.12. The number of aromatic nitrogens is 2. The number of likely N-dealkylation sites (N-methyl/N-ethyl adjacent to an activating group) is 1. The van der Waals surface area contributed by atoms with Crippen molar-refractivity contribution in [2.45, 2.75) is 39.7 Å². The Hall–Kier alpha value is -0.830. The average molecular weight is 195 g/mol. The van der Waals surface area contributed by atoms with Crippen molar-refractivity contribution < 1.29 is 0 Å². The molecule has 0 unspecified atom stereocenters. The first-order chi connectivity index (χ1) is 6.83. The summed E-state index contributed by atoms with van der Waals surface area (Å²) in [6, 6.07) is 0. The molecule has 0 aliphatic rings. The molecule has 0 spiro atoms. The number of nitrogens with zero attached hydrogens (tertiary/aromatic N) is 2. The largest absolute Gasteiger partial charge is 0.319 e. The summed E-state index contributed by atoms with van der Waals surface area (Å²) < 4.78 is 2.12. The highest BCUT2D eigenvalue weighted by atomic mass is 15.3. The highest BCUT2D eigenvalue weighted by Crippen LogP contribution is 2.11. The highest BCUT2D eigenvalue weighted by molar-refractivity contribution is 5.18. The Morgan fingerprint density at radius 1 is 1.36 bits per heavy atom. The second-order valence-corrected chi connectivity index (χ2v) is 3.54. The third-order valence-corrected chi connectivity index (χ3v) is 2.47. The van der Waals surface area contributed by atoms with Crippen molar-refractivity contribution in [3.63, 3.8) is 0 Å². The molecule has 1 N–H and O–H groups in total. The number of rotatable bonds is 6. The zero-order valence-electron chi connectivity index (χ0n) is 9.51. The van der Waals surface area contributed by atoms with Crippen LogP contribution in [-0.4, -0.2) is 23.4 Å². The fourth-order valence-corrected chi connectivity index (χ4v) is 1.72. The van der Waals surface area contributed by atoms with Crippen LogP contribution in [0.25, 0.3) is 0 Å². The van der Waals surface area contributed by atoms with E-state index >= 15 is 0 Å². The van der Waals surface area contributed by atoms with Crippen LogP contribution in [0.4, 0.5) is 0 Å². The van der Waals surface area contributed by atoms with Crippen LogP contribution in [0.3, 0.4) is 0 Å². The van der Waals surface area contributed by atoms with Gasteiger partial charge in [0.15, 0.2) is 0 Å². The summed E-state index contributed by atoms with van der Waals surface area (Å²) in [4.78, 5) is 0. The molecule has 1 aromatic rings. The van der Waals surface area contributed by atoms with E-state index < -0.39 is 0 Å². The van der Waals surface area contributed by atoms with Crippen molar-refractivity contribution in [3.05, 3.63) is 17.5 Å². The van der Waals surface area contributed by atoms with E-state index in [1.54, 1.807) is 0 Å². The molecule has 0 saturated heterocycles. The number of hydrogen-bond donors (Lipinski definition) is 1. The molecule has 0 aliphatic heterocycles. The van der Waals surface area contributed by atoms with Crippen molar-refractivity contribution >= 4 is 0 Å². The number of aryl methyl sites for hydroxylation is 1. The van der Waals surface area contributed by atoms with Gasteiger partial charge in [0.25, 0.3) is 0 Å². The fraction of sp³-hybridized carbons (Fsp3) is 0.727. The van der Waals surface area contributed by atoms with Crippen LogP contribution in [0.15, 0.2) is 6.20 Å². The predicted molar refractivity (Wildman–Crippen MR) is 59.5 cm³/mol. The summed E-state index contributed by atoms with van der Waals surface area (Å²) in [6.45, 7) is 6.38. The topological polar surface area (TPSA) is 29.9 Å². The zero-order chi connectivity index (χ0) is 10.4. The molecule has 3 heteroatoms. The van der Waals surface area contributed by atoms with Gasteiger partial charge in [-0.05, 0) is 38.9 Å². The van der Waals surface area contributed by atoms with Crippen LogP contribution >= 0.6 is 0 Å². The van der Waals surface area contributed by atoms with Gasteiger partial charge in [-0.3, -0.25) is 4.68 Å². The van der Waals surface area contributed by atoms with Gasteiger partial charge in [0, 0.05) is 12.2 Å². The highest BCUT2D eigenvalue weighted by Gasteiger charge is 2.07. The quantitative estimate of drug-likeness (QED) is 0.747. The van der Waals surface area contributed by atoms with Crippen molar-refractivity contribution in [3.8, 4) is 0 Å². The van der Waals surface area contributed by atoms with E-state index in [1.165, 1.54) is 17.7 Å². The van der Waals surface area contributed by atoms with E-state index in [9.17, 15) is 0 Å². The summed E-state index contributed by atoms with van der Waals surface area (Å²) in [6.07, 6.45) is 5.45. The third-order valence-electron chi connectivity index (χ3n) is 2.47. The smallest absolute Gasteiger partial charge is 0.0525 e. The van der Waals surface area contributed by atoms with Crippen LogP contribution < -0.4 is 5.32 Å². The standard InChI is InChI=1S/C11H21N3/c1-4-6-11-10(7-8-12-3)9-13-14(11)5-2/h9,12H,4-8H2,1-3H3. The Balaban J connectivity index is 2.75. The Kier molecular flexibility index (Phi) is 4.66. The zero-order valence-corrected chi connectivity index (χ0v) is 9.51. The molecule has 0 aromatic carbocycles. The molecule has 0 atom stereocenters. The minimum Gasteiger partial charge on any atom is -0.319 e. The lowest BCUT2D eigenvalue weighted by Gasteiger charge is -2.06. The van der Waals surface area contributed by atoms with Crippen molar-refractivity contribution in [2.24, 2.45) is 0 Å². The maximum Gasteiger partial charge on any atom is 0.0525 e. The van der Waals surface area contributed by atoms with Crippen molar-refractivity contribution in [1.29, 1.82) is 0 Å². The molecular weight excluding hydrogens is 174 g/mol. The van der Waals surface area contributed by atoms with E-state index in [1.807, 2.05) is 13.2 Å². The van der Waals surface area contributed by atoms with Gasteiger partial charge in [0.05, 0.1) is 6.20 Å². The summed E-state index contributed by atoms with van der Waals surface area (Å²) in [5.41, 5.74) is 2.83. The second kappa shape index (κ2) is 5.81. The first-order valence-electron chi connectivity index (χ1n) is 5.51. The van der Waals surface area contributed by atoms with Gasteiger partial charge in [0.1, 0.15) is 0 Å². The summed E-state index contributed by atoms with van der Waals surface area (Å²) in [5, 5.41) is 7.57. The van der Waals surface area contributed by atoms with Crippen LogP contribution in [0, 0.1) is 0 Å². The van der Waals surface area contributed by atoms with E-state index in [2.05, 4.69) is 28.9 Å². The minimum absolute atomic E-state index is 0.981. The molecule has 0 saturated carbocycles. The molecule has 0 radical (unpaired) electrons. The lowest BCUT2D eigenvalue weighted by atomic mass is 10.1. The lowest BCUT2D eigenvalue weighted by molar-refractivity contribution is 0.612. The minimum atomic E-state index is 0.981. The SMILES string of the molecule is CCCc1c(CCNC)cnn1CC. The van der Waals surface area contributed by atoms with Gasteiger partial charge in [-0.15, -0.1) is 0 Å². The molecule has 14 heavy (non-hydrogen) atoms. The predicted octanol–water partition coefficient (Wildman–Crippen LogP) is 1.62. The van der Waals surface area contributed by atoms with Gasteiger partial charge in [-0.1, -0.05) is 13.3 Å². The van der Waals surface area contributed by atoms with Gasteiger partial charge >= 0.3 is 0 Å². The van der Waals surface area contributed by atoms with Gasteiger partial charge < -0.3 is 5.32 Å². The monoisotopic (exact) mass is 195 g/mol. The second-order valence-electron chi connectivity index (χ2n) is 3.54. The van der Waals surface area contributed by atoms with E-state index in [0.29, 0.717) is 0 Å². The normalized spacial score (nSPS) is 10.8. The Morgan fingerprint density at radius 3 is 2.71 bits per heavy atom. The molecule has 0 amide bonds. The Morgan fingerprint density at radius 2 is 2.14 bits per heavy atom. The summed E-state index contributed by atoms with van der Waals surface area (Å²) >= 11 is 0. The molecule has 1 heterocycles. The van der Waals surface area contributed by atoms with E-state index in [-0.39, 0.29) is 0 Å². The molecule has 1 rings (SSSR count). The first-order valence-corrected chi connectivity index (χ1v) is 5.51. The maximum atomic E-state index is 4.40. The van der Waals surface area contributed by atoms with Crippen LogP contribution in [0.5, 0.6) is 0 Å². The van der Waals surface area contributed by atoms with Gasteiger partial charge in [0.2, 0.25) is 0 Å². The number of hydrogen-bond acceptors (Lipinski definition) is 2. The molecule has 0 aliphatic carbocycles. The van der Waals surface area contributed by atoms with Crippen molar-refractivity contribution in [2.75, 3.05) is 13.6 Å². The van der Waals surface area contributed by atoms with Crippen LogP contribution in [0.2, 0.25) is 0 Å². The van der Waals surface area contributed by atoms with E-state index in [4.69, 9.17) is 0 Å². The van der Waals surface area contributed by atoms with Gasteiger partial charge in [-0.25, -0.2) is 0 Å².